The number of aliphatic hydroxyl groups excluding tert-OH is 3. The lowest BCUT2D eigenvalue weighted by Gasteiger charge is -2.41. The molecule has 12 nitrogen and oxygen atoms in total. The van der Waals surface area contributed by atoms with Crippen LogP contribution in [0.3, 0.4) is 0 Å². The van der Waals surface area contributed by atoms with Gasteiger partial charge in [-0.25, -0.2) is 4.18 Å². The standard InChI is InChI=1S/C48H92O12S/c1-3-5-7-9-11-13-15-16-17-18-19-20-21-22-23-24-25-26-27-28-30-32-34-36-38-56-40-42(58-44(50)37-35-33-31-29-14-12-10-8-6-4-2)41-57-48-46(52)47(60-61(53,54)55)45(51)43(39-49)59-48/h8,10,42-43,45-49,51-52H,3-7,9,11-41H2,1-2H3,(H,53,54,55)/b10-8-. The van der Waals surface area contributed by atoms with Crippen molar-refractivity contribution in [3.8, 4) is 0 Å². The summed E-state index contributed by atoms with van der Waals surface area (Å²) in [6.45, 7) is 3.95. The minimum Gasteiger partial charge on any atom is -0.457 e. The van der Waals surface area contributed by atoms with Crippen LogP contribution in [0.15, 0.2) is 12.2 Å². The molecule has 0 bridgehead atoms. The van der Waals surface area contributed by atoms with E-state index in [-0.39, 0.29) is 19.6 Å². The third-order valence-electron chi connectivity index (χ3n) is 11.6. The van der Waals surface area contributed by atoms with E-state index in [9.17, 15) is 28.5 Å². The molecule has 6 unspecified atom stereocenters. The summed E-state index contributed by atoms with van der Waals surface area (Å²) in [5.41, 5.74) is 0. The zero-order valence-corrected chi connectivity index (χ0v) is 39.6. The molecule has 61 heavy (non-hydrogen) atoms. The minimum atomic E-state index is -5.06. The van der Waals surface area contributed by atoms with Crippen molar-refractivity contribution in [2.45, 2.75) is 263 Å². The van der Waals surface area contributed by atoms with E-state index in [0.29, 0.717) is 13.0 Å². The van der Waals surface area contributed by atoms with Crippen LogP contribution in [0.2, 0.25) is 0 Å². The van der Waals surface area contributed by atoms with Gasteiger partial charge in [0.1, 0.15) is 30.5 Å². The van der Waals surface area contributed by atoms with Crippen molar-refractivity contribution in [3.63, 3.8) is 0 Å². The van der Waals surface area contributed by atoms with Crippen LogP contribution in [0.1, 0.15) is 226 Å². The molecular formula is C48H92O12S. The molecule has 0 spiro atoms. The van der Waals surface area contributed by atoms with Gasteiger partial charge in [-0.3, -0.25) is 9.35 Å². The van der Waals surface area contributed by atoms with E-state index in [1.165, 1.54) is 135 Å². The van der Waals surface area contributed by atoms with Gasteiger partial charge in [0.25, 0.3) is 0 Å². The van der Waals surface area contributed by atoms with Crippen LogP contribution in [-0.2, 0) is 38.3 Å². The first kappa shape index (κ1) is 57.9. The largest absolute Gasteiger partial charge is 0.457 e. The summed E-state index contributed by atoms with van der Waals surface area (Å²) in [5.74, 6) is -0.407. The summed E-state index contributed by atoms with van der Waals surface area (Å²) in [6, 6.07) is 0. The summed E-state index contributed by atoms with van der Waals surface area (Å²) >= 11 is 0. The van der Waals surface area contributed by atoms with Gasteiger partial charge >= 0.3 is 16.4 Å². The Morgan fingerprint density at radius 2 is 1.07 bits per heavy atom. The fraction of sp³-hybridized carbons (Fsp3) is 0.938. The topological polar surface area (TPSA) is 178 Å². The third-order valence-corrected chi connectivity index (χ3v) is 12.1. The molecule has 0 aromatic rings. The normalized spacial score (nSPS) is 20.1. The van der Waals surface area contributed by atoms with Crippen LogP contribution in [0.5, 0.6) is 0 Å². The van der Waals surface area contributed by atoms with Crippen molar-refractivity contribution in [2.75, 3.05) is 26.4 Å². The first-order valence-electron chi connectivity index (χ1n) is 24.9. The summed E-state index contributed by atoms with van der Waals surface area (Å²) in [7, 11) is -5.06. The Hall–Kier alpha value is -1.16. The number of aliphatic hydroxyl groups is 3. The number of esters is 1. The fourth-order valence-corrected chi connectivity index (χ4v) is 8.36. The highest BCUT2D eigenvalue weighted by Crippen LogP contribution is 2.26. The van der Waals surface area contributed by atoms with E-state index in [1.54, 1.807) is 0 Å². The van der Waals surface area contributed by atoms with E-state index in [2.05, 4.69) is 30.2 Å². The molecule has 0 amide bonds. The molecule has 1 aliphatic heterocycles. The minimum absolute atomic E-state index is 0.0382. The molecule has 6 atom stereocenters. The number of ether oxygens (including phenoxy) is 4. The van der Waals surface area contributed by atoms with Crippen LogP contribution >= 0.6 is 0 Å². The first-order chi connectivity index (χ1) is 29.6. The Morgan fingerprint density at radius 3 is 1.54 bits per heavy atom. The Labute approximate surface area is 372 Å². The average molecular weight is 893 g/mol. The van der Waals surface area contributed by atoms with Crippen molar-refractivity contribution < 1.29 is 56.2 Å². The SMILES string of the molecule is CCC/C=C\CCCCCCCC(=O)OC(COCCCCCCCCCCCCCCCCCCCCCCCCCC)COC1OC(CO)C(O)C(OS(=O)(=O)O)C1O. The Bertz CT molecular complexity index is 1120. The number of carbonyl (C=O) groups is 1. The summed E-state index contributed by atoms with van der Waals surface area (Å²) in [6.07, 6.45) is 35.6. The lowest BCUT2D eigenvalue weighted by Crippen LogP contribution is -2.60. The lowest BCUT2D eigenvalue weighted by molar-refractivity contribution is -0.301. The second kappa shape index (κ2) is 40.4. The van der Waals surface area contributed by atoms with Crippen LogP contribution < -0.4 is 0 Å². The van der Waals surface area contributed by atoms with Crippen molar-refractivity contribution in [3.05, 3.63) is 12.2 Å². The molecule has 1 aliphatic rings. The predicted molar refractivity (Wildman–Crippen MR) is 244 cm³/mol. The highest BCUT2D eigenvalue weighted by atomic mass is 32.3. The molecule has 0 radical (unpaired) electrons. The van der Waals surface area contributed by atoms with E-state index < -0.39 is 59.8 Å². The fourth-order valence-electron chi connectivity index (χ4n) is 7.85. The zero-order chi connectivity index (χ0) is 44.7. The van der Waals surface area contributed by atoms with Gasteiger partial charge in [0, 0.05) is 13.0 Å². The van der Waals surface area contributed by atoms with Crippen molar-refractivity contribution in [1.29, 1.82) is 0 Å². The van der Waals surface area contributed by atoms with Crippen LogP contribution in [0, 0.1) is 0 Å². The Kier molecular flexibility index (Phi) is 38.3. The van der Waals surface area contributed by atoms with Crippen LogP contribution in [0.4, 0.5) is 0 Å². The summed E-state index contributed by atoms with van der Waals surface area (Å²) in [5, 5.41) is 30.7. The lowest BCUT2D eigenvalue weighted by atomic mass is 9.99. The molecular weight excluding hydrogens is 801 g/mol. The Balaban J connectivity index is 2.26. The van der Waals surface area contributed by atoms with Gasteiger partial charge < -0.3 is 34.3 Å². The van der Waals surface area contributed by atoms with Gasteiger partial charge in [-0.15, -0.1) is 0 Å². The van der Waals surface area contributed by atoms with Crippen molar-refractivity contribution in [1.82, 2.24) is 0 Å². The molecule has 0 aromatic heterocycles. The van der Waals surface area contributed by atoms with Gasteiger partial charge in [-0.05, 0) is 32.1 Å². The Morgan fingerprint density at radius 1 is 0.607 bits per heavy atom. The molecule has 1 fully saturated rings. The molecule has 4 N–H and O–H groups in total. The summed E-state index contributed by atoms with van der Waals surface area (Å²) in [4.78, 5) is 12.8. The number of hydrogen-bond acceptors (Lipinski definition) is 11. The van der Waals surface area contributed by atoms with Crippen LogP contribution in [-0.4, -0.2) is 97.5 Å². The van der Waals surface area contributed by atoms with Gasteiger partial charge in [0.15, 0.2) is 6.29 Å². The van der Waals surface area contributed by atoms with Crippen molar-refractivity contribution >= 4 is 16.4 Å². The van der Waals surface area contributed by atoms with Gasteiger partial charge in [-0.1, -0.05) is 199 Å². The highest BCUT2D eigenvalue weighted by Gasteiger charge is 2.48. The average Bonchev–Trinajstić information content (AvgIpc) is 3.23. The van der Waals surface area contributed by atoms with Crippen LogP contribution in [0.25, 0.3) is 0 Å². The molecule has 13 heteroatoms. The molecule has 0 saturated carbocycles. The maximum Gasteiger partial charge on any atom is 0.397 e. The molecule has 1 rings (SSSR count). The molecule has 1 heterocycles. The van der Waals surface area contributed by atoms with E-state index in [4.69, 9.17) is 23.5 Å². The predicted octanol–water partition coefficient (Wildman–Crippen LogP) is 11.0. The van der Waals surface area contributed by atoms with E-state index in [0.717, 1.165) is 64.2 Å². The highest BCUT2D eigenvalue weighted by molar-refractivity contribution is 7.80. The van der Waals surface area contributed by atoms with Crippen molar-refractivity contribution in [2.24, 2.45) is 0 Å². The number of allylic oxidation sites excluding steroid dienone is 2. The third kappa shape index (κ3) is 33.9. The van der Waals surface area contributed by atoms with Gasteiger partial charge in [0.05, 0.1) is 19.8 Å². The number of unbranched alkanes of at least 4 members (excludes halogenated alkanes) is 29. The second-order valence-electron chi connectivity index (χ2n) is 17.4. The van der Waals surface area contributed by atoms with E-state index >= 15 is 0 Å². The van der Waals surface area contributed by atoms with E-state index in [1.807, 2.05) is 0 Å². The summed E-state index contributed by atoms with van der Waals surface area (Å²) < 4.78 is 59.1. The molecule has 362 valence electrons. The second-order valence-corrected chi connectivity index (χ2v) is 18.5. The number of rotatable bonds is 44. The quantitative estimate of drug-likeness (QED) is 0.0197. The maximum absolute atomic E-state index is 12.8. The number of hydrogen-bond donors (Lipinski definition) is 4. The molecule has 0 aromatic carbocycles. The smallest absolute Gasteiger partial charge is 0.397 e. The molecule has 1 saturated heterocycles. The molecule has 0 aliphatic carbocycles. The zero-order valence-electron chi connectivity index (χ0n) is 38.7. The van der Waals surface area contributed by atoms with Gasteiger partial charge in [0.2, 0.25) is 0 Å². The maximum atomic E-state index is 12.8. The van der Waals surface area contributed by atoms with Gasteiger partial charge in [-0.2, -0.15) is 8.42 Å². The number of carbonyl (C=O) groups excluding carboxylic acids is 1. The first-order valence-corrected chi connectivity index (χ1v) is 26.3. The monoisotopic (exact) mass is 893 g/mol.